The first-order valence-electron chi connectivity index (χ1n) is 7.03. The zero-order chi connectivity index (χ0) is 14.8. The van der Waals surface area contributed by atoms with Gasteiger partial charge in [-0.2, -0.15) is 0 Å². The van der Waals surface area contributed by atoms with E-state index in [0.717, 1.165) is 28.7 Å². The largest absolute Gasteiger partial charge is 0.345 e. The van der Waals surface area contributed by atoms with E-state index in [9.17, 15) is 4.79 Å². The van der Waals surface area contributed by atoms with Crippen molar-refractivity contribution in [1.29, 1.82) is 0 Å². The van der Waals surface area contributed by atoms with Crippen molar-refractivity contribution in [2.24, 2.45) is 0 Å². The molecule has 0 fully saturated rings. The van der Waals surface area contributed by atoms with Crippen molar-refractivity contribution in [3.05, 3.63) is 69.2 Å². The molecule has 1 amide bonds. The van der Waals surface area contributed by atoms with Crippen LogP contribution in [0.5, 0.6) is 0 Å². The lowest BCUT2D eigenvalue weighted by Gasteiger charge is -2.16. The molecule has 1 atom stereocenters. The summed E-state index contributed by atoms with van der Waals surface area (Å²) in [6.45, 7) is 3.73. The second-order valence-electron chi connectivity index (χ2n) is 5.30. The number of carbonyl (C=O) groups excluding carboxylic acids is 1. The lowest BCUT2D eigenvalue weighted by Crippen LogP contribution is -2.27. The predicted octanol–water partition coefficient (Wildman–Crippen LogP) is 3.54. The molecule has 3 nitrogen and oxygen atoms in total. The molecule has 0 saturated heterocycles. The minimum absolute atomic E-state index is 0.0343. The second-order valence-corrected chi connectivity index (χ2v) is 6.16. The fourth-order valence-electron chi connectivity index (χ4n) is 2.62. The predicted molar refractivity (Wildman–Crippen MR) is 87.0 cm³/mol. The van der Waals surface area contributed by atoms with Crippen LogP contribution in [0, 0.1) is 0 Å². The van der Waals surface area contributed by atoms with Gasteiger partial charge in [-0.05, 0) is 41.8 Å². The first kappa shape index (κ1) is 14.3. The number of halogens is 1. The van der Waals surface area contributed by atoms with Crippen molar-refractivity contribution in [2.45, 2.75) is 26.1 Å². The fraction of sp³-hybridized carbons (Fsp3) is 0.235. The molecular weight excluding hydrogens is 328 g/mol. The van der Waals surface area contributed by atoms with Gasteiger partial charge in [-0.1, -0.05) is 40.2 Å². The number of hydrogen-bond donors (Lipinski definition) is 2. The number of benzene rings is 2. The standard InChI is InChI=1S/C17H17BrN2O/c1-11(15-4-2-3-5-16(15)18)20-17(21)12-6-7-13-9-19-10-14(13)8-12/h2-8,11,19H,9-10H2,1H3,(H,20,21)/t11-/m0/s1. The van der Waals surface area contributed by atoms with E-state index < -0.39 is 0 Å². The highest BCUT2D eigenvalue weighted by atomic mass is 79.9. The summed E-state index contributed by atoms with van der Waals surface area (Å²) in [5, 5.41) is 6.35. The smallest absolute Gasteiger partial charge is 0.251 e. The number of nitrogens with one attached hydrogen (secondary N) is 2. The molecule has 0 spiro atoms. The van der Waals surface area contributed by atoms with Gasteiger partial charge in [0.15, 0.2) is 0 Å². The molecule has 21 heavy (non-hydrogen) atoms. The van der Waals surface area contributed by atoms with Gasteiger partial charge in [0, 0.05) is 23.1 Å². The third-order valence-corrected chi connectivity index (χ3v) is 4.54. The van der Waals surface area contributed by atoms with Crippen LogP contribution in [0.3, 0.4) is 0 Å². The number of carbonyl (C=O) groups is 1. The molecule has 0 radical (unpaired) electrons. The molecular formula is C17H17BrN2O. The van der Waals surface area contributed by atoms with Crippen molar-refractivity contribution in [3.63, 3.8) is 0 Å². The van der Waals surface area contributed by atoms with Crippen LogP contribution in [0.15, 0.2) is 46.9 Å². The lowest BCUT2D eigenvalue weighted by atomic mass is 10.0. The maximum atomic E-state index is 12.4. The highest BCUT2D eigenvalue weighted by Crippen LogP contribution is 2.23. The van der Waals surface area contributed by atoms with Gasteiger partial charge in [-0.15, -0.1) is 0 Å². The summed E-state index contributed by atoms with van der Waals surface area (Å²) in [4.78, 5) is 12.4. The first-order chi connectivity index (χ1) is 10.1. The van der Waals surface area contributed by atoms with Crippen LogP contribution in [0.1, 0.15) is 40.0 Å². The summed E-state index contributed by atoms with van der Waals surface area (Å²) in [6, 6.07) is 13.8. The molecule has 2 aromatic carbocycles. The molecule has 1 aliphatic heterocycles. The molecule has 0 unspecified atom stereocenters. The minimum atomic E-state index is -0.0422. The van der Waals surface area contributed by atoms with Crippen LogP contribution in [0.2, 0.25) is 0 Å². The normalized spacial score (nSPS) is 14.6. The molecule has 2 aromatic rings. The van der Waals surface area contributed by atoms with E-state index in [1.807, 2.05) is 49.4 Å². The van der Waals surface area contributed by atoms with Gasteiger partial charge >= 0.3 is 0 Å². The molecule has 3 rings (SSSR count). The van der Waals surface area contributed by atoms with Gasteiger partial charge in [-0.25, -0.2) is 0 Å². The summed E-state index contributed by atoms with van der Waals surface area (Å²) < 4.78 is 1.01. The molecule has 1 heterocycles. The summed E-state index contributed by atoms with van der Waals surface area (Å²) in [6.07, 6.45) is 0. The van der Waals surface area contributed by atoms with E-state index in [2.05, 4.69) is 26.6 Å². The Hall–Kier alpha value is -1.65. The minimum Gasteiger partial charge on any atom is -0.345 e. The van der Waals surface area contributed by atoms with Gasteiger partial charge in [0.2, 0.25) is 0 Å². The number of fused-ring (bicyclic) bond motifs is 1. The Kier molecular flexibility index (Phi) is 4.08. The molecule has 1 aliphatic rings. The Morgan fingerprint density at radius 1 is 1.19 bits per heavy atom. The van der Waals surface area contributed by atoms with E-state index >= 15 is 0 Å². The molecule has 2 N–H and O–H groups in total. The van der Waals surface area contributed by atoms with Crippen molar-refractivity contribution < 1.29 is 4.79 Å². The maximum Gasteiger partial charge on any atom is 0.251 e. The van der Waals surface area contributed by atoms with Crippen LogP contribution in [0.4, 0.5) is 0 Å². The average molecular weight is 345 g/mol. The van der Waals surface area contributed by atoms with Crippen LogP contribution < -0.4 is 10.6 Å². The Bertz CT molecular complexity index is 684. The van der Waals surface area contributed by atoms with E-state index in [1.54, 1.807) is 0 Å². The van der Waals surface area contributed by atoms with Crippen molar-refractivity contribution in [2.75, 3.05) is 0 Å². The third-order valence-electron chi connectivity index (χ3n) is 3.82. The highest BCUT2D eigenvalue weighted by molar-refractivity contribution is 9.10. The van der Waals surface area contributed by atoms with Gasteiger partial charge in [-0.3, -0.25) is 4.79 Å². The van der Waals surface area contributed by atoms with E-state index in [4.69, 9.17) is 0 Å². The number of rotatable bonds is 3. The Labute approximate surface area is 132 Å². The first-order valence-corrected chi connectivity index (χ1v) is 7.82. The molecule has 0 aromatic heterocycles. The zero-order valence-corrected chi connectivity index (χ0v) is 13.4. The molecule has 4 heteroatoms. The van der Waals surface area contributed by atoms with E-state index in [1.165, 1.54) is 11.1 Å². The van der Waals surface area contributed by atoms with Crippen LogP contribution in [-0.4, -0.2) is 5.91 Å². The van der Waals surface area contributed by atoms with Crippen LogP contribution >= 0.6 is 15.9 Å². The van der Waals surface area contributed by atoms with E-state index in [0.29, 0.717) is 0 Å². The summed E-state index contributed by atoms with van der Waals surface area (Å²) in [5.74, 6) is -0.0343. The second kappa shape index (κ2) is 6.00. The third kappa shape index (κ3) is 3.01. The molecule has 108 valence electrons. The van der Waals surface area contributed by atoms with Crippen LogP contribution in [0.25, 0.3) is 0 Å². The Morgan fingerprint density at radius 3 is 2.76 bits per heavy atom. The molecule has 0 aliphatic carbocycles. The number of amides is 1. The number of hydrogen-bond acceptors (Lipinski definition) is 2. The monoisotopic (exact) mass is 344 g/mol. The zero-order valence-electron chi connectivity index (χ0n) is 11.8. The quantitative estimate of drug-likeness (QED) is 0.893. The summed E-state index contributed by atoms with van der Waals surface area (Å²) in [7, 11) is 0. The maximum absolute atomic E-state index is 12.4. The van der Waals surface area contributed by atoms with Crippen molar-refractivity contribution in [3.8, 4) is 0 Å². The van der Waals surface area contributed by atoms with Gasteiger partial charge in [0.1, 0.15) is 0 Å². The summed E-state index contributed by atoms with van der Waals surface area (Å²) >= 11 is 3.52. The topological polar surface area (TPSA) is 41.1 Å². The van der Waals surface area contributed by atoms with Gasteiger partial charge < -0.3 is 10.6 Å². The Morgan fingerprint density at radius 2 is 1.95 bits per heavy atom. The molecule has 0 bridgehead atoms. The Balaban J connectivity index is 1.76. The lowest BCUT2D eigenvalue weighted by molar-refractivity contribution is 0.0939. The SMILES string of the molecule is C[C@H](NC(=O)c1ccc2c(c1)CNC2)c1ccccc1Br. The van der Waals surface area contributed by atoms with Crippen molar-refractivity contribution in [1.82, 2.24) is 10.6 Å². The van der Waals surface area contributed by atoms with Crippen LogP contribution in [-0.2, 0) is 13.1 Å². The summed E-state index contributed by atoms with van der Waals surface area (Å²) in [5.41, 5.74) is 4.30. The molecule has 0 saturated carbocycles. The van der Waals surface area contributed by atoms with E-state index in [-0.39, 0.29) is 11.9 Å². The van der Waals surface area contributed by atoms with Gasteiger partial charge in [0.05, 0.1) is 6.04 Å². The fourth-order valence-corrected chi connectivity index (χ4v) is 3.25. The van der Waals surface area contributed by atoms with Gasteiger partial charge in [0.25, 0.3) is 5.91 Å². The average Bonchev–Trinajstić information content (AvgIpc) is 2.94. The highest BCUT2D eigenvalue weighted by Gasteiger charge is 2.16. The van der Waals surface area contributed by atoms with Crippen molar-refractivity contribution >= 4 is 21.8 Å².